The molecule has 1 aromatic carbocycles. The Hall–Kier alpha value is -2.54. The van der Waals surface area contributed by atoms with E-state index < -0.39 is 5.97 Å². The smallest absolute Gasteiger partial charge is 0.341 e. The Balaban J connectivity index is 2.08. The minimum atomic E-state index is -0.418. The van der Waals surface area contributed by atoms with Crippen molar-refractivity contribution in [3.63, 3.8) is 0 Å². The fourth-order valence-electron chi connectivity index (χ4n) is 2.66. The number of nitrogens with one attached hydrogen (secondary N) is 1. The van der Waals surface area contributed by atoms with Crippen molar-refractivity contribution >= 4 is 28.2 Å². The molecular weight excluding hydrogens is 366 g/mol. The number of ether oxygens (including phenoxy) is 3. The molecule has 0 unspecified atom stereocenters. The van der Waals surface area contributed by atoms with Crippen LogP contribution >= 0.6 is 11.3 Å². The first kappa shape index (κ1) is 20.8. The number of esters is 1. The second-order valence-corrected chi connectivity index (χ2v) is 6.87. The summed E-state index contributed by atoms with van der Waals surface area (Å²) in [5, 5.41) is 3.38. The quantitative estimate of drug-likeness (QED) is 0.652. The van der Waals surface area contributed by atoms with Crippen molar-refractivity contribution in [3.8, 4) is 11.5 Å². The predicted octanol–water partition coefficient (Wildman–Crippen LogP) is 4.08. The third kappa shape index (κ3) is 5.23. The number of para-hydroxylation sites is 1. The van der Waals surface area contributed by atoms with Crippen LogP contribution in [-0.2, 0) is 22.4 Å². The van der Waals surface area contributed by atoms with E-state index in [2.05, 4.69) is 5.32 Å². The Labute approximate surface area is 163 Å². The summed E-state index contributed by atoms with van der Waals surface area (Å²) in [6.07, 6.45) is 1.53. The van der Waals surface area contributed by atoms with Crippen LogP contribution in [0.5, 0.6) is 11.5 Å². The largest absolute Gasteiger partial charge is 0.493 e. The molecule has 0 radical (unpaired) electrons. The monoisotopic (exact) mass is 391 g/mol. The lowest BCUT2D eigenvalue weighted by atomic mass is 10.1. The predicted molar refractivity (Wildman–Crippen MR) is 106 cm³/mol. The van der Waals surface area contributed by atoms with Gasteiger partial charge in [0.15, 0.2) is 11.5 Å². The number of anilines is 1. The zero-order valence-corrected chi connectivity index (χ0v) is 16.9. The molecule has 146 valence electrons. The third-order valence-corrected chi connectivity index (χ3v) is 5.18. The summed E-state index contributed by atoms with van der Waals surface area (Å²) in [5.74, 6) is 0.670. The molecule has 0 atom stereocenters. The molecule has 1 heterocycles. The number of amides is 1. The highest BCUT2D eigenvalue weighted by molar-refractivity contribution is 7.16. The van der Waals surface area contributed by atoms with Crippen LogP contribution in [0.4, 0.5) is 5.00 Å². The van der Waals surface area contributed by atoms with Gasteiger partial charge >= 0.3 is 5.97 Å². The van der Waals surface area contributed by atoms with Gasteiger partial charge in [-0.3, -0.25) is 4.79 Å². The summed E-state index contributed by atoms with van der Waals surface area (Å²) in [6.45, 7) is 4.05. The lowest BCUT2D eigenvalue weighted by Crippen LogP contribution is -2.14. The van der Waals surface area contributed by atoms with Crippen LogP contribution in [0.1, 0.15) is 41.1 Å². The zero-order valence-electron chi connectivity index (χ0n) is 16.1. The normalized spacial score (nSPS) is 10.4. The van der Waals surface area contributed by atoms with Gasteiger partial charge in [0, 0.05) is 11.3 Å². The Morgan fingerprint density at radius 1 is 1.15 bits per heavy atom. The van der Waals surface area contributed by atoms with Crippen LogP contribution in [-0.4, -0.2) is 32.7 Å². The SMILES string of the molecule is CCOC(=O)c1cc(CC)sc1NC(=O)CCc1cccc(OC)c1OC. The van der Waals surface area contributed by atoms with Crippen molar-refractivity contribution in [2.75, 3.05) is 26.1 Å². The second kappa shape index (κ2) is 9.97. The van der Waals surface area contributed by atoms with E-state index in [9.17, 15) is 9.59 Å². The number of hydrogen-bond acceptors (Lipinski definition) is 6. The molecule has 1 amide bonds. The number of carbonyl (C=O) groups excluding carboxylic acids is 2. The highest BCUT2D eigenvalue weighted by Gasteiger charge is 2.19. The number of benzene rings is 1. The fraction of sp³-hybridized carbons (Fsp3) is 0.400. The Morgan fingerprint density at radius 3 is 2.56 bits per heavy atom. The van der Waals surface area contributed by atoms with Crippen LogP contribution < -0.4 is 14.8 Å². The van der Waals surface area contributed by atoms with E-state index in [1.165, 1.54) is 11.3 Å². The minimum absolute atomic E-state index is 0.171. The second-order valence-electron chi connectivity index (χ2n) is 5.73. The van der Waals surface area contributed by atoms with Crippen molar-refractivity contribution in [2.24, 2.45) is 0 Å². The minimum Gasteiger partial charge on any atom is -0.493 e. The molecule has 7 heteroatoms. The van der Waals surface area contributed by atoms with Gasteiger partial charge in [-0.2, -0.15) is 0 Å². The molecule has 27 heavy (non-hydrogen) atoms. The van der Waals surface area contributed by atoms with Gasteiger partial charge in [-0.05, 0) is 37.5 Å². The van der Waals surface area contributed by atoms with Crippen molar-refractivity contribution in [3.05, 3.63) is 40.3 Å². The van der Waals surface area contributed by atoms with Gasteiger partial charge < -0.3 is 19.5 Å². The average Bonchev–Trinajstić information content (AvgIpc) is 3.09. The zero-order chi connectivity index (χ0) is 19.8. The molecule has 0 aliphatic rings. The van der Waals surface area contributed by atoms with Gasteiger partial charge in [0.25, 0.3) is 0 Å². The summed E-state index contributed by atoms with van der Waals surface area (Å²) in [4.78, 5) is 25.6. The number of hydrogen-bond donors (Lipinski definition) is 1. The summed E-state index contributed by atoms with van der Waals surface area (Å²) >= 11 is 1.40. The lowest BCUT2D eigenvalue weighted by molar-refractivity contribution is -0.116. The Morgan fingerprint density at radius 2 is 1.93 bits per heavy atom. The van der Waals surface area contributed by atoms with E-state index in [0.29, 0.717) is 35.1 Å². The first-order chi connectivity index (χ1) is 13.0. The molecule has 6 nitrogen and oxygen atoms in total. The number of thiophene rings is 1. The van der Waals surface area contributed by atoms with Crippen molar-refractivity contribution in [2.45, 2.75) is 33.1 Å². The van der Waals surface area contributed by atoms with E-state index in [-0.39, 0.29) is 12.3 Å². The maximum Gasteiger partial charge on any atom is 0.341 e. The van der Waals surface area contributed by atoms with Gasteiger partial charge in [-0.1, -0.05) is 19.1 Å². The van der Waals surface area contributed by atoms with Crippen LogP contribution in [0.25, 0.3) is 0 Å². The van der Waals surface area contributed by atoms with Crippen LogP contribution in [0.3, 0.4) is 0 Å². The van der Waals surface area contributed by atoms with Gasteiger partial charge in [0.05, 0.1) is 26.4 Å². The van der Waals surface area contributed by atoms with E-state index in [1.54, 1.807) is 27.2 Å². The fourth-order valence-corrected chi connectivity index (χ4v) is 3.66. The summed E-state index contributed by atoms with van der Waals surface area (Å²) < 4.78 is 15.8. The molecule has 1 N–H and O–H groups in total. The molecule has 0 fully saturated rings. The van der Waals surface area contributed by atoms with Gasteiger partial charge in [0.2, 0.25) is 5.91 Å². The summed E-state index contributed by atoms with van der Waals surface area (Å²) in [7, 11) is 3.15. The molecule has 0 spiro atoms. The number of rotatable bonds is 9. The van der Waals surface area contributed by atoms with Gasteiger partial charge in [-0.15, -0.1) is 11.3 Å². The van der Waals surface area contributed by atoms with Crippen LogP contribution in [0, 0.1) is 0 Å². The molecule has 1 aromatic heterocycles. The molecular formula is C20H25NO5S. The van der Waals surface area contributed by atoms with E-state index >= 15 is 0 Å². The number of aryl methyl sites for hydroxylation is 2. The molecule has 0 saturated heterocycles. The number of carbonyl (C=O) groups is 2. The maximum absolute atomic E-state index is 12.4. The molecule has 0 saturated carbocycles. The van der Waals surface area contributed by atoms with Crippen molar-refractivity contribution in [1.82, 2.24) is 0 Å². The number of methoxy groups -OCH3 is 2. The summed E-state index contributed by atoms with van der Waals surface area (Å²) in [5.41, 5.74) is 1.30. The highest BCUT2D eigenvalue weighted by atomic mass is 32.1. The van der Waals surface area contributed by atoms with Gasteiger partial charge in [-0.25, -0.2) is 4.79 Å². The average molecular weight is 391 g/mol. The standard InChI is InChI=1S/C20H25NO5S/c1-5-14-12-15(20(23)26-6-2)19(27-14)21-17(22)11-10-13-8-7-9-16(24-3)18(13)25-4/h7-9,12H,5-6,10-11H2,1-4H3,(H,21,22). The van der Waals surface area contributed by atoms with Gasteiger partial charge in [0.1, 0.15) is 5.00 Å². The molecule has 2 aromatic rings. The Bertz CT molecular complexity index is 800. The Kier molecular flexibility index (Phi) is 7.67. The topological polar surface area (TPSA) is 73.9 Å². The maximum atomic E-state index is 12.4. The van der Waals surface area contributed by atoms with Crippen LogP contribution in [0.2, 0.25) is 0 Å². The molecule has 0 aliphatic heterocycles. The first-order valence-electron chi connectivity index (χ1n) is 8.83. The summed E-state index contributed by atoms with van der Waals surface area (Å²) in [6, 6.07) is 7.36. The van der Waals surface area contributed by atoms with E-state index in [4.69, 9.17) is 14.2 Å². The van der Waals surface area contributed by atoms with E-state index in [0.717, 1.165) is 16.9 Å². The molecule has 2 rings (SSSR count). The third-order valence-electron chi connectivity index (χ3n) is 3.99. The highest BCUT2D eigenvalue weighted by Crippen LogP contribution is 2.32. The first-order valence-corrected chi connectivity index (χ1v) is 9.65. The molecule has 0 aliphatic carbocycles. The van der Waals surface area contributed by atoms with E-state index in [1.807, 2.05) is 25.1 Å². The van der Waals surface area contributed by atoms with Crippen molar-refractivity contribution in [1.29, 1.82) is 0 Å². The lowest BCUT2D eigenvalue weighted by Gasteiger charge is -2.12. The molecule has 0 bridgehead atoms. The van der Waals surface area contributed by atoms with Crippen LogP contribution in [0.15, 0.2) is 24.3 Å². The van der Waals surface area contributed by atoms with Crippen molar-refractivity contribution < 1.29 is 23.8 Å².